The SMILES string of the molecule is O=C(NC1CC1)C(Oc1cc(Cl)c(Cl)cc1Cl)c1ccccc1. The lowest BCUT2D eigenvalue weighted by Crippen LogP contribution is -2.33. The van der Waals surface area contributed by atoms with Crippen LogP contribution < -0.4 is 10.1 Å². The normalized spacial score (nSPS) is 15.1. The van der Waals surface area contributed by atoms with Crippen LogP contribution in [-0.2, 0) is 4.79 Å². The van der Waals surface area contributed by atoms with E-state index in [0.717, 1.165) is 18.4 Å². The highest BCUT2D eigenvalue weighted by molar-refractivity contribution is 6.43. The number of hydrogen-bond acceptors (Lipinski definition) is 2. The Balaban J connectivity index is 1.89. The molecule has 1 amide bonds. The van der Waals surface area contributed by atoms with E-state index >= 15 is 0 Å². The topological polar surface area (TPSA) is 38.3 Å². The molecular weight excluding hydrogens is 357 g/mol. The molecule has 0 spiro atoms. The minimum absolute atomic E-state index is 0.194. The summed E-state index contributed by atoms with van der Waals surface area (Å²) in [7, 11) is 0. The number of halogens is 3. The Morgan fingerprint density at radius 3 is 2.35 bits per heavy atom. The highest BCUT2D eigenvalue weighted by atomic mass is 35.5. The molecule has 3 rings (SSSR count). The van der Waals surface area contributed by atoms with Crippen molar-refractivity contribution < 1.29 is 9.53 Å². The van der Waals surface area contributed by atoms with E-state index in [1.807, 2.05) is 30.3 Å². The van der Waals surface area contributed by atoms with E-state index in [0.29, 0.717) is 20.8 Å². The van der Waals surface area contributed by atoms with Crippen molar-refractivity contribution in [1.29, 1.82) is 0 Å². The molecule has 0 bridgehead atoms. The molecule has 1 saturated carbocycles. The van der Waals surface area contributed by atoms with Gasteiger partial charge in [0.05, 0.1) is 15.1 Å². The molecule has 1 N–H and O–H groups in total. The fraction of sp³-hybridized carbons (Fsp3) is 0.235. The monoisotopic (exact) mass is 369 g/mol. The number of ether oxygens (including phenoxy) is 1. The molecule has 0 saturated heterocycles. The first-order chi connectivity index (χ1) is 11.0. The molecule has 0 heterocycles. The number of rotatable bonds is 5. The minimum atomic E-state index is -0.799. The smallest absolute Gasteiger partial charge is 0.266 e. The van der Waals surface area contributed by atoms with Gasteiger partial charge in [0.25, 0.3) is 5.91 Å². The van der Waals surface area contributed by atoms with Gasteiger partial charge < -0.3 is 10.1 Å². The molecule has 1 unspecified atom stereocenters. The summed E-state index contributed by atoms with van der Waals surface area (Å²) in [6, 6.07) is 12.5. The predicted octanol–water partition coefficient (Wildman–Crippen LogP) is 5.05. The van der Waals surface area contributed by atoms with E-state index in [1.165, 1.54) is 12.1 Å². The Kier molecular flexibility index (Phi) is 5.00. The number of nitrogens with one attached hydrogen (secondary N) is 1. The zero-order chi connectivity index (χ0) is 16.4. The van der Waals surface area contributed by atoms with Crippen molar-refractivity contribution in [1.82, 2.24) is 5.32 Å². The molecule has 0 aromatic heterocycles. The highest BCUT2D eigenvalue weighted by Crippen LogP contribution is 2.36. The maximum atomic E-state index is 12.5. The Morgan fingerprint density at radius 1 is 1.04 bits per heavy atom. The molecule has 1 aliphatic rings. The molecule has 6 heteroatoms. The Bertz CT molecular complexity index is 717. The number of carbonyl (C=O) groups is 1. The maximum absolute atomic E-state index is 12.5. The van der Waals surface area contributed by atoms with Crippen molar-refractivity contribution in [3.8, 4) is 5.75 Å². The van der Waals surface area contributed by atoms with E-state index in [2.05, 4.69) is 5.32 Å². The molecule has 23 heavy (non-hydrogen) atoms. The first-order valence-electron chi connectivity index (χ1n) is 7.21. The Morgan fingerprint density at radius 2 is 1.70 bits per heavy atom. The Hall–Kier alpha value is -1.42. The van der Waals surface area contributed by atoms with Gasteiger partial charge in [-0.05, 0) is 18.9 Å². The number of hydrogen-bond donors (Lipinski definition) is 1. The van der Waals surface area contributed by atoms with Crippen molar-refractivity contribution >= 4 is 40.7 Å². The van der Waals surface area contributed by atoms with Gasteiger partial charge in [-0.2, -0.15) is 0 Å². The van der Waals surface area contributed by atoms with Crippen LogP contribution in [0, 0.1) is 0 Å². The summed E-state index contributed by atoms with van der Waals surface area (Å²) in [5.41, 5.74) is 0.743. The molecule has 0 radical (unpaired) electrons. The standard InChI is InChI=1S/C17H14Cl3NO2/c18-12-8-14(20)15(9-13(12)19)23-16(10-4-2-1-3-5-10)17(22)21-11-6-7-11/h1-5,8-9,11,16H,6-7H2,(H,21,22). The van der Waals surface area contributed by atoms with Gasteiger partial charge in [0, 0.05) is 17.7 Å². The largest absolute Gasteiger partial charge is 0.474 e. The van der Waals surface area contributed by atoms with E-state index in [-0.39, 0.29) is 11.9 Å². The summed E-state index contributed by atoms with van der Waals surface area (Å²) in [6.07, 6.45) is 1.20. The maximum Gasteiger partial charge on any atom is 0.266 e. The molecular formula is C17H14Cl3NO2. The molecule has 2 aromatic rings. The summed E-state index contributed by atoms with van der Waals surface area (Å²) in [6.45, 7) is 0. The van der Waals surface area contributed by atoms with E-state index in [1.54, 1.807) is 0 Å². The number of benzene rings is 2. The average molecular weight is 371 g/mol. The third-order valence-corrected chi connectivity index (χ3v) is 4.50. The van der Waals surface area contributed by atoms with Crippen LogP contribution in [0.5, 0.6) is 5.75 Å². The van der Waals surface area contributed by atoms with Crippen LogP contribution in [0.2, 0.25) is 15.1 Å². The lowest BCUT2D eigenvalue weighted by atomic mass is 10.1. The highest BCUT2D eigenvalue weighted by Gasteiger charge is 2.30. The fourth-order valence-corrected chi connectivity index (χ4v) is 2.71. The summed E-state index contributed by atoms with van der Waals surface area (Å²) >= 11 is 18.1. The van der Waals surface area contributed by atoms with Crippen LogP contribution >= 0.6 is 34.8 Å². The first-order valence-corrected chi connectivity index (χ1v) is 8.34. The molecule has 1 atom stereocenters. The van der Waals surface area contributed by atoms with E-state index in [9.17, 15) is 4.79 Å². The second kappa shape index (κ2) is 7.00. The molecule has 3 nitrogen and oxygen atoms in total. The summed E-state index contributed by atoms with van der Waals surface area (Å²) in [5, 5.41) is 3.91. The number of amides is 1. The van der Waals surface area contributed by atoms with Gasteiger partial charge in [-0.15, -0.1) is 0 Å². The van der Waals surface area contributed by atoms with Crippen molar-refractivity contribution in [3.63, 3.8) is 0 Å². The molecule has 1 fully saturated rings. The van der Waals surface area contributed by atoms with Gasteiger partial charge in [-0.3, -0.25) is 4.79 Å². The Labute approximate surface area is 149 Å². The van der Waals surface area contributed by atoms with Gasteiger partial charge in [0.15, 0.2) is 0 Å². The molecule has 1 aliphatic carbocycles. The van der Waals surface area contributed by atoms with Gasteiger partial charge in [-0.1, -0.05) is 65.1 Å². The van der Waals surface area contributed by atoms with E-state index in [4.69, 9.17) is 39.5 Å². The molecule has 120 valence electrons. The lowest BCUT2D eigenvalue weighted by molar-refractivity contribution is -0.128. The average Bonchev–Trinajstić information content (AvgIpc) is 3.34. The van der Waals surface area contributed by atoms with Crippen molar-refractivity contribution in [3.05, 3.63) is 63.1 Å². The van der Waals surface area contributed by atoms with Gasteiger partial charge >= 0.3 is 0 Å². The van der Waals surface area contributed by atoms with Crippen LogP contribution in [0.3, 0.4) is 0 Å². The zero-order valence-corrected chi connectivity index (χ0v) is 14.3. The second-order valence-electron chi connectivity index (χ2n) is 5.39. The molecule has 0 aliphatic heterocycles. The van der Waals surface area contributed by atoms with Crippen molar-refractivity contribution in [2.75, 3.05) is 0 Å². The van der Waals surface area contributed by atoms with Gasteiger partial charge in [-0.25, -0.2) is 0 Å². The van der Waals surface area contributed by atoms with Crippen LogP contribution in [0.1, 0.15) is 24.5 Å². The quantitative estimate of drug-likeness (QED) is 0.748. The van der Waals surface area contributed by atoms with Gasteiger partial charge in [0.1, 0.15) is 5.75 Å². The zero-order valence-electron chi connectivity index (χ0n) is 12.1. The summed E-state index contributed by atoms with van der Waals surface area (Å²) in [5.74, 6) is 0.127. The third-order valence-electron chi connectivity index (χ3n) is 3.48. The first kappa shape index (κ1) is 16.4. The summed E-state index contributed by atoms with van der Waals surface area (Å²) < 4.78 is 5.87. The van der Waals surface area contributed by atoms with Crippen LogP contribution in [0.4, 0.5) is 0 Å². The predicted molar refractivity (Wildman–Crippen MR) is 92.4 cm³/mol. The van der Waals surface area contributed by atoms with E-state index < -0.39 is 6.10 Å². The molecule has 2 aromatic carbocycles. The fourth-order valence-electron chi connectivity index (χ4n) is 2.13. The summed E-state index contributed by atoms with van der Waals surface area (Å²) in [4.78, 5) is 12.5. The number of carbonyl (C=O) groups excluding carboxylic acids is 1. The van der Waals surface area contributed by atoms with Crippen molar-refractivity contribution in [2.45, 2.75) is 25.0 Å². The van der Waals surface area contributed by atoms with Crippen molar-refractivity contribution in [2.24, 2.45) is 0 Å². The second-order valence-corrected chi connectivity index (χ2v) is 6.61. The van der Waals surface area contributed by atoms with Gasteiger partial charge in [0.2, 0.25) is 6.10 Å². The van der Waals surface area contributed by atoms with Crippen LogP contribution in [0.25, 0.3) is 0 Å². The van der Waals surface area contributed by atoms with Crippen LogP contribution in [0.15, 0.2) is 42.5 Å². The third kappa shape index (κ3) is 4.11. The lowest BCUT2D eigenvalue weighted by Gasteiger charge is -2.20. The van der Waals surface area contributed by atoms with Crippen LogP contribution in [-0.4, -0.2) is 11.9 Å². The minimum Gasteiger partial charge on any atom is -0.474 e.